The maximum Gasteiger partial charge on any atom is 0.246 e. The Balaban J connectivity index is 2.16. The van der Waals surface area contributed by atoms with Gasteiger partial charge in [0.1, 0.15) is 6.04 Å². The predicted molar refractivity (Wildman–Crippen MR) is 84.6 cm³/mol. The summed E-state index contributed by atoms with van der Waals surface area (Å²) in [5.41, 5.74) is 0.841. The molecule has 0 saturated heterocycles. The topological polar surface area (TPSA) is 71.1 Å². The van der Waals surface area contributed by atoms with Gasteiger partial charge in [0, 0.05) is 25.5 Å². The van der Waals surface area contributed by atoms with E-state index in [0.29, 0.717) is 5.56 Å². The van der Waals surface area contributed by atoms with Crippen LogP contribution in [-0.4, -0.2) is 23.8 Å². The van der Waals surface area contributed by atoms with Gasteiger partial charge in [-0.05, 0) is 35.4 Å². The van der Waals surface area contributed by atoms with Gasteiger partial charge in [-0.3, -0.25) is 14.6 Å². The van der Waals surface area contributed by atoms with E-state index < -0.39 is 29.5 Å². The number of hydrogen-bond acceptors (Lipinski definition) is 3. The Bertz CT molecular complexity index is 764. The molecule has 0 saturated carbocycles. The van der Waals surface area contributed by atoms with Crippen LogP contribution in [-0.2, 0) is 9.59 Å². The summed E-state index contributed by atoms with van der Waals surface area (Å²) in [4.78, 5) is 27.9. The van der Waals surface area contributed by atoms with E-state index in [0.717, 1.165) is 12.1 Å². The van der Waals surface area contributed by atoms with E-state index in [9.17, 15) is 18.4 Å². The third-order valence-electron chi connectivity index (χ3n) is 3.18. The van der Waals surface area contributed by atoms with Crippen molar-refractivity contribution in [3.63, 3.8) is 0 Å². The van der Waals surface area contributed by atoms with Crippen LogP contribution in [0.5, 0.6) is 0 Å². The molecule has 0 spiro atoms. The molecule has 1 aromatic carbocycles. The van der Waals surface area contributed by atoms with E-state index in [1.54, 1.807) is 24.5 Å². The summed E-state index contributed by atoms with van der Waals surface area (Å²) in [7, 11) is 1.38. The van der Waals surface area contributed by atoms with Gasteiger partial charge in [0.25, 0.3) is 0 Å². The maximum absolute atomic E-state index is 13.4. The largest absolute Gasteiger partial charge is 0.357 e. The van der Waals surface area contributed by atoms with Gasteiger partial charge < -0.3 is 10.6 Å². The van der Waals surface area contributed by atoms with Crippen LogP contribution in [0.25, 0.3) is 6.08 Å². The first kappa shape index (κ1) is 17.3. The Morgan fingerprint density at radius 2 is 2.00 bits per heavy atom. The zero-order valence-electron chi connectivity index (χ0n) is 12.8. The van der Waals surface area contributed by atoms with E-state index in [2.05, 4.69) is 15.6 Å². The smallest absolute Gasteiger partial charge is 0.246 e. The summed E-state index contributed by atoms with van der Waals surface area (Å²) in [6.07, 6.45) is 5.92. The molecule has 24 heavy (non-hydrogen) atoms. The molecule has 0 radical (unpaired) electrons. The minimum absolute atomic E-state index is 0.136. The normalized spacial score (nSPS) is 12.0. The molecule has 0 bridgehead atoms. The first-order valence-electron chi connectivity index (χ1n) is 7.06. The van der Waals surface area contributed by atoms with Gasteiger partial charge in [-0.15, -0.1) is 0 Å². The highest BCUT2D eigenvalue weighted by Crippen LogP contribution is 2.17. The molecule has 1 heterocycles. The molecule has 1 unspecified atom stereocenters. The van der Waals surface area contributed by atoms with Crippen molar-refractivity contribution in [2.75, 3.05) is 7.05 Å². The minimum atomic E-state index is -1.14. The first-order chi connectivity index (χ1) is 11.5. The van der Waals surface area contributed by atoms with Gasteiger partial charge in [-0.25, -0.2) is 8.78 Å². The van der Waals surface area contributed by atoms with Crippen molar-refractivity contribution in [2.45, 2.75) is 6.04 Å². The van der Waals surface area contributed by atoms with Gasteiger partial charge in [0.15, 0.2) is 11.6 Å². The fourth-order valence-corrected chi connectivity index (χ4v) is 1.97. The highest BCUT2D eigenvalue weighted by molar-refractivity contribution is 5.95. The highest BCUT2D eigenvalue weighted by atomic mass is 19.2. The van der Waals surface area contributed by atoms with E-state index in [-0.39, 0.29) is 5.56 Å². The minimum Gasteiger partial charge on any atom is -0.357 e. The summed E-state index contributed by atoms with van der Waals surface area (Å²) in [6, 6.07) is 5.34. The van der Waals surface area contributed by atoms with Gasteiger partial charge in [0.2, 0.25) is 11.8 Å². The van der Waals surface area contributed by atoms with Gasteiger partial charge >= 0.3 is 0 Å². The Hall–Kier alpha value is -3.09. The summed E-state index contributed by atoms with van der Waals surface area (Å²) >= 11 is 0. The Morgan fingerprint density at radius 1 is 1.21 bits per heavy atom. The van der Waals surface area contributed by atoms with Crippen LogP contribution in [0.15, 0.2) is 48.8 Å². The molecule has 2 amide bonds. The summed E-state index contributed by atoms with van der Waals surface area (Å²) in [5.74, 6) is -3.24. The molecule has 0 aliphatic heterocycles. The van der Waals surface area contributed by atoms with Crippen molar-refractivity contribution >= 4 is 17.9 Å². The third kappa shape index (κ3) is 4.45. The van der Waals surface area contributed by atoms with Gasteiger partial charge in [-0.1, -0.05) is 12.1 Å². The molecule has 1 aromatic heterocycles. The predicted octanol–water partition coefficient (Wildman–Crippen LogP) is 1.98. The molecule has 5 nitrogen and oxygen atoms in total. The number of likely N-dealkylation sites (N-methyl/N-ethyl adjacent to an activating group) is 1. The van der Waals surface area contributed by atoms with Crippen molar-refractivity contribution in [1.82, 2.24) is 15.6 Å². The van der Waals surface area contributed by atoms with Crippen molar-refractivity contribution < 1.29 is 18.4 Å². The van der Waals surface area contributed by atoms with Crippen LogP contribution in [0.3, 0.4) is 0 Å². The number of nitrogens with zero attached hydrogens (tertiary/aromatic N) is 1. The van der Waals surface area contributed by atoms with Crippen molar-refractivity contribution in [2.24, 2.45) is 0 Å². The van der Waals surface area contributed by atoms with Crippen LogP contribution in [0.4, 0.5) is 8.78 Å². The zero-order valence-corrected chi connectivity index (χ0v) is 12.8. The number of pyridine rings is 1. The molecular formula is C17H15F2N3O2. The third-order valence-corrected chi connectivity index (χ3v) is 3.18. The maximum atomic E-state index is 13.4. The SMILES string of the molecule is CNC(=O)C(NC(=O)C=Cc1cccnc1)c1ccc(F)c(F)c1. The number of hydrogen-bond donors (Lipinski definition) is 2. The number of aromatic nitrogens is 1. The molecule has 0 aliphatic rings. The van der Waals surface area contributed by atoms with Crippen LogP contribution in [0.1, 0.15) is 17.2 Å². The van der Waals surface area contributed by atoms with E-state index >= 15 is 0 Å². The van der Waals surface area contributed by atoms with Gasteiger partial charge in [-0.2, -0.15) is 0 Å². The molecule has 1 atom stereocenters. The van der Waals surface area contributed by atoms with Crippen LogP contribution in [0.2, 0.25) is 0 Å². The number of benzene rings is 1. The molecule has 0 aliphatic carbocycles. The lowest BCUT2D eigenvalue weighted by atomic mass is 10.1. The molecule has 0 fully saturated rings. The molecular weight excluding hydrogens is 316 g/mol. The Morgan fingerprint density at radius 3 is 2.62 bits per heavy atom. The van der Waals surface area contributed by atoms with E-state index in [1.807, 2.05) is 0 Å². The van der Waals surface area contributed by atoms with Crippen LogP contribution in [0, 0.1) is 11.6 Å². The lowest BCUT2D eigenvalue weighted by Crippen LogP contribution is -2.38. The number of halogens is 2. The quantitative estimate of drug-likeness (QED) is 0.823. The number of rotatable bonds is 5. The number of carbonyl (C=O) groups excluding carboxylic acids is 2. The fraction of sp³-hybridized carbons (Fsp3) is 0.118. The lowest BCUT2D eigenvalue weighted by molar-refractivity contribution is -0.126. The van der Waals surface area contributed by atoms with Crippen molar-refractivity contribution in [3.05, 3.63) is 71.6 Å². The number of carbonyl (C=O) groups is 2. The second-order valence-electron chi connectivity index (χ2n) is 4.85. The lowest BCUT2D eigenvalue weighted by Gasteiger charge is -2.17. The average molecular weight is 331 g/mol. The summed E-state index contributed by atoms with van der Waals surface area (Å²) < 4.78 is 26.4. The average Bonchev–Trinajstić information content (AvgIpc) is 2.60. The number of nitrogens with one attached hydrogen (secondary N) is 2. The van der Waals surface area contributed by atoms with Gasteiger partial charge in [0.05, 0.1) is 0 Å². The van der Waals surface area contributed by atoms with E-state index in [1.165, 1.54) is 25.3 Å². The monoisotopic (exact) mass is 331 g/mol. The standard InChI is InChI=1S/C17H15F2N3O2/c1-20-17(24)16(12-5-6-13(18)14(19)9-12)22-15(23)7-4-11-3-2-8-21-10-11/h2-10,16H,1H3,(H,20,24)(H,22,23). The van der Waals surface area contributed by atoms with Crippen LogP contribution < -0.4 is 10.6 Å². The fourth-order valence-electron chi connectivity index (χ4n) is 1.97. The molecule has 2 aromatic rings. The second kappa shape index (κ2) is 7.96. The molecule has 2 N–H and O–H groups in total. The molecule has 7 heteroatoms. The Kier molecular flexibility index (Phi) is 5.73. The number of amides is 2. The molecule has 124 valence electrons. The summed E-state index contributed by atoms with van der Waals surface area (Å²) in [6.45, 7) is 0. The zero-order chi connectivity index (χ0) is 17.5. The summed E-state index contributed by atoms with van der Waals surface area (Å²) in [5, 5.41) is 4.83. The second-order valence-corrected chi connectivity index (χ2v) is 4.85. The Labute approximate surface area is 137 Å². The highest BCUT2D eigenvalue weighted by Gasteiger charge is 2.22. The van der Waals surface area contributed by atoms with Crippen molar-refractivity contribution in [1.29, 1.82) is 0 Å². The van der Waals surface area contributed by atoms with Crippen LogP contribution >= 0.6 is 0 Å². The first-order valence-corrected chi connectivity index (χ1v) is 7.06. The van der Waals surface area contributed by atoms with Crippen molar-refractivity contribution in [3.8, 4) is 0 Å². The van der Waals surface area contributed by atoms with E-state index in [4.69, 9.17) is 0 Å². The molecule has 2 rings (SSSR count).